The lowest BCUT2D eigenvalue weighted by atomic mass is 10.1. The van der Waals surface area contributed by atoms with E-state index in [0.29, 0.717) is 4.47 Å². The summed E-state index contributed by atoms with van der Waals surface area (Å²) in [4.78, 5) is -0.0869. The molecule has 4 N–H and O–H groups in total. The molecule has 1 aromatic rings. The van der Waals surface area contributed by atoms with E-state index in [1.165, 1.54) is 26.0 Å². The van der Waals surface area contributed by atoms with Crippen molar-refractivity contribution in [2.45, 2.75) is 24.3 Å². The second kappa shape index (κ2) is 5.66. The van der Waals surface area contributed by atoms with Gasteiger partial charge in [0.1, 0.15) is 4.90 Å². The Hall–Kier alpha value is -0.830. The zero-order valence-electron chi connectivity index (χ0n) is 10.2. The summed E-state index contributed by atoms with van der Waals surface area (Å²) in [5.74, 6) is -0.260. The van der Waals surface area contributed by atoms with Crippen LogP contribution in [0.5, 0.6) is 0 Å². The third-order valence-electron chi connectivity index (χ3n) is 2.32. The van der Waals surface area contributed by atoms with Gasteiger partial charge in [-0.1, -0.05) is 32.7 Å². The summed E-state index contributed by atoms with van der Waals surface area (Å²) in [5, 5.41) is 11.5. The minimum absolute atomic E-state index is 0.0668. The Balaban J connectivity index is 3.19. The fourth-order valence-corrected chi connectivity index (χ4v) is 3.69. The van der Waals surface area contributed by atoms with Gasteiger partial charge >= 0.3 is 0 Å². The lowest BCUT2D eigenvalue weighted by Crippen LogP contribution is -2.53. The molecule has 0 saturated heterocycles. The molecule has 0 aliphatic carbocycles. The first kappa shape index (κ1) is 16.2. The second-order valence-electron chi connectivity index (χ2n) is 4.29. The van der Waals surface area contributed by atoms with Crippen LogP contribution in [0.1, 0.15) is 13.8 Å². The molecule has 0 atom stereocenters. The number of oxime groups is 1. The number of hydrogen-bond donors (Lipinski definition) is 3. The molecule has 0 aromatic heterocycles. The number of nitrogens with zero attached hydrogens (tertiary/aromatic N) is 1. The quantitative estimate of drug-likeness (QED) is 0.326. The van der Waals surface area contributed by atoms with Gasteiger partial charge in [0, 0.05) is 4.47 Å². The molecule has 1 rings (SSSR count). The lowest BCUT2D eigenvalue weighted by molar-refractivity contribution is 0.312. The van der Waals surface area contributed by atoms with Gasteiger partial charge in [0.2, 0.25) is 10.0 Å². The van der Waals surface area contributed by atoms with E-state index in [-0.39, 0.29) is 15.8 Å². The minimum atomic E-state index is -3.90. The van der Waals surface area contributed by atoms with E-state index >= 15 is 0 Å². The molecule has 0 aliphatic heterocycles. The topological polar surface area (TPSA) is 105 Å². The number of halogens is 2. The Bertz CT molecular complexity index is 616. The van der Waals surface area contributed by atoms with Crippen LogP contribution in [0.3, 0.4) is 0 Å². The van der Waals surface area contributed by atoms with Crippen molar-refractivity contribution in [2.24, 2.45) is 10.9 Å². The van der Waals surface area contributed by atoms with Crippen molar-refractivity contribution in [3.63, 3.8) is 0 Å². The maximum atomic E-state index is 12.2. The van der Waals surface area contributed by atoms with Gasteiger partial charge < -0.3 is 10.9 Å². The minimum Gasteiger partial charge on any atom is -0.409 e. The molecule has 0 bridgehead atoms. The smallest absolute Gasteiger partial charge is 0.242 e. The summed E-state index contributed by atoms with van der Waals surface area (Å²) in [6.45, 7) is 2.93. The molecule has 6 nitrogen and oxygen atoms in total. The van der Waals surface area contributed by atoms with Crippen molar-refractivity contribution in [1.29, 1.82) is 0 Å². The first-order chi connectivity index (χ1) is 8.60. The molecule has 0 amide bonds. The third-order valence-corrected chi connectivity index (χ3v) is 4.95. The molecular formula is C10H13BrClN3O3S. The first-order valence-corrected chi connectivity index (χ1v) is 7.72. The standard InChI is InChI=1S/C10H13BrClN3O3S/c1-10(2,9(13)14-16)15-19(17,18)8-4-3-6(11)5-7(8)12/h3-5,15-16H,1-2H3,(H2,13,14). The Labute approximate surface area is 124 Å². The van der Waals surface area contributed by atoms with Crippen molar-refractivity contribution in [2.75, 3.05) is 0 Å². The average Bonchev–Trinajstić information content (AvgIpc) is 2.25. The van der Waals surface area contributed by atoms with Gasteiger partial charge in [-0.25, -0.2) is 8.42 Å². The van der Waals surface area contributed by atoms with E-state index in [9.17, 15) is 8.42 Å². The summed E-state index contributed by atoms with van der Waals surface area (Å²) < 4.78 is 27.4. The molecule has 0 heterocycles. The maximum absolute atomic E-state index is 12.2. The van der Waals surface area contributed by atoms with Gasteiger partial charge in [-0.2, -0.15) is 4.72 Å². The van der Waals surface area contributed by atoms with Crippen LogP contribution >= 0.6 is 27.5 Å². The highest BCUT2D eigenvalue weighted by Crippen LogP contribution is 2.26. The predicted octanol–water partition coefficient (Wildman–Crippen LogP) is 1.91. The normalized spacial score (nSPS) is 13.6. The zero-order valence-corrected chi connectivity index (χ0v) is 13.3. The van der Waals surface area contributed by atoms with Crippen molar-refractivity contribution >= 4 is 43.4 Å². The van der Waals surface area contributed by atoms with Crippen LogP contribution in [0.25, 0.3) is 0 Å². The second-order valence-corrected chi connectivity index (χ2v) is 7.26. The Morgan fingerprint density at radius 2 is 2.11 bits per heavy atom. The fraction of sp³-hybridized carbons (Fsp3) is 0.300. The fourth-order valence-electron chi connectivity index (χ4n) is 1.26. The molecule has 0 spiro atoms. The number of benzene rings is 1. The molecule has 9 heteroatoms. The zero-order chi connectivity index (χ0) is 14.8. The van der Waals surface area contributed by atoms with Crippen LogP contribution < -0.4 is 10.5 Å². The van der Waals surface area contributed by atoms with Crippen LogP contribution in [0.4, 0.5) is 0 Å². The van der Waals surface area contributed by atoms with E-state index in [1.807, 2.05) is 0 Å². The summed E-state index contributed by atoms with van der Waals surface area (Å²) in [7, 11) is -3.90. The average molecular weight is 371 g/mol. The monoisotopic (exact) mass is 369 g/mol. The highest BCUT2D eigenvalue weighted by atomic mass is 79.9. The van der Waals surface area contributed by atoms with E-state index in [0.717, 1.165) is 0 Å². The summed E-state index contributed by atoms with van der Waals surface area (Å²) in [6.07, 6.45) is 0. The van der Waals surface area contributed by atoms with Crippen molar-refractivity contribution in [1.82, 2.24) is 4.72 Å². The van der Waals surface area contributed by atoms with Crippen LogP contribution in [0.15, 0.2) is 32.7 Å². The number of amidine groups is 1. The van der Waals surface area contributed by atoms with Gasteiger partial charge in [-0.3, -0.25) is 0 Å². The van der Waals surface area contributed by atoms with Gasteiger partial charge in [-0.15, -0.1) is 0 Å². The first-order valence-electron chi connectivity index (χ1n) is 5.07. The molecule has 0 radical (unpaired) electrons. The molecular weight excluding hydrogens is 358 g/mol. The van der Waals surface area contributed by atoms with Crippen molar-refractivity contribution in [3.8, 4) is 0 Å². The van der Waals surface area contributed by atoms with E-state index in [1.54, 1.807) is 6.07 Å². The van der Waals surface area contributed by atoms with Crippen LogP contribution in [0.2, 0.25) is 5.02 Å². The maximum Gasteiger partial charge on any atom is 0.242 e. The molecule has 1 aromatic carbocycles. The van der Waals surface area contributed by atoms with Crippen molar-refractivity contribution in [3.05, 3.63) is 27.7 Å². The van der Waals surface area contributed by atoms with E-state index in [4.69, 9.17) is 22.5 Å². The molecule has 19 heavy (non-hydrogen) atoms. The third kappa shape index (κ3) is 3.82. The largest absolute Gasteiger partial charge is 0.409 e. The lowest BCUT2D eigenvalue weighted by Gasteiger charge is -2.24. The summed E-state index contributed by atoms with van der Waals surface area (Å²) >= 11 is 9.08. The number of nitrogens with one attached hydrogen (secondary N) is 1. The van der Waals surface area contributed by atoms with Gasteiger partial charge in [-0.05, 0) is 32.0 Å². The Morgan fingerprint density at radius 3 is 2.58 bits per heavy atom. The van der Waals surface area contributed by atoms with Gasteiger partial charge in [0.25, 0.3) is 0 Å². The predicted molar refractivity (Wildman–Crippen MR) is 77.0 cm³/mol. The number of hydrogen-bond acceptors (Lipinski definition) is 4. The molecule has 0 fully saturated rings. The number of nitrogens with two attached hydrogens (primary N) is 1. The van der Waals surface area contributed by atoms with E-state index < -0.39 is 15.6 Å². The van der Waals surface area contributed by atoms with Gasteiger partial charge in [0.15, 0.2) is 5.84 Å². The summed E-state index contributed by atoms with van der Waals surface area (Å²) in [6, 6.07) is 4.38. The van der Waals surface area contributed by atoms with Gasteiger partial charge in [0.05, 0.1) is 10.6 Å². The Morgan fingerprint density at radius 1 is 1.53 bits per heavy atom. The van der Waals surface area contributed by atoms with Crippen LogP contribution in [-0.2, 0) is 10.0 Å². The molecule has 0 aliphatic rings. The molecule has 106 valence electrons. The Kier molecular flexibility index (Phi) is 4.83. The van der Waals surface area contributed by atoms with Crippen molar-refractivity contribution < 1.29 is 13.6 Å². The SMILES string of the molecule is CC(C)(NS(=O)(=O)c1ccc(Br)cc1Cl)/C(N)=N/O. The molecule has 0 unspecified atom stereocenters. The van der Waals surface area contributed by atoms with Crippen LogP contribution in [0, 0.1) is 0 Å². The number of rotatable bonds is 4. The highest BCUT2D eigenvalue weighted by Gasteiger charge is 2.31. The van der Waals surface area contributed by atoms with Crippen LogP contribution in [-0.4, -0.2) is 25.0 Å². The van der Waals surface area contributed by atoms with E-state index in [2.05, 4.69) is 25.8 Å². The highest BCUT2D eigenvalue weighted by molar-refractivity contribution is 9.10. The number of sulfonamides is 1. The summed E-state index contributed by atoms with van der Waals surface area (Å²) in [5.41, 5.74) is 4.18. The molecule has 0 saturated carbocycles.